The van der Waals surface area contributed by atoms with E-state index < -0.39 is 17.6 Å². The molecule has 0 aliphatic rings. The molecule has 0 aliphatic carbocycles. The van der Waals surface area contributed by atoms with Crippen LogP contribution >= 0.6 is 24.0 Å². The zero-order valence-electron chi connectivity index (χ0n) is 16.5. The van der Waals surface area contributed by atoms with Gasteiger partial charge < -0.3 is 15.5 Å². The van der Waals surface area contributed by atoms with E-state index >= 15 is 0 Å². The van der Waals surface area contributed by atoms with Crippen LogP contribution in [-0.2, 0) is 25.8 Å². The topological polar surface area (TPSA) is 39.7 Å². The van der Waals surface area contributed by atoms with Crippen molar-refractivity contribution in [3.8, 4) is 0 Å². The van der Waals surface area contributed by atoms with Crippen molar-refractivity contribution in [3.05, 3.63) is 70.5 Å². The summed E-state index contributed by atoms with van der Waals surface area (Å²) in [5.74, 6) is -0.564. The highest BCUT2D eigenvalue weighted by molar-refractivity contribution is 14.0. The molecular weight excluding hydrogens is 499 g/mol. The molecule has 0 radical (unpaired) electrons. The predicted octanol–water partition coefficient (Wildman–Crippen LogP) is 4.39. The van der Waals surface area contributed by atoms with Crippen molar-refractivity contribution in [2.75, 3.05) is 21.1 Å². The van der Waals surface area contributed by atoms with E-state index in [1.54, 1.807) is 0 Å². The number of nitrogens with zero attached hydrogens (tertiary/aromatic N) is 2. The summed E-state index contributed by atoms with van der Waals surface area (Å²) in [4.78, 5) is 6.09. The summed E-state index contributed by atoms with van der Waals surface area (Å²) in [5, 5.41) is 5.89. The van der Waals surface area contributed by atoms with Gasteiger partial charge in [-0.15, -0.1) is 24.0 Å². The number of aliphatic imine (C=N–C) groups is 1. The molecule has 0 fully saturated rings. The van der Waals surface area contributed by atoms with E-state index in [1.165, 1.54) is 12.6 Å². The fraction of sp³-hybridized carbons (Fsp3) is 0.350. The van der Waals surface area contributed by atoms with Crippen LogP contribution in [-0.4, -0.2) is 32.0 Å². The third kappa shape index (κ3) is 8.17. The van der Waals surface area contributed by atoms with E-state index in [0.717, 1.165) is 24.2 Å². The van der Waals surface area contributed by atoms with E-state index in [0.29, 0.717) is 18.6 Å². The highest BCUT2D eigenvalue weighted by Crippen LogP contribution is 2.32. The molecule has 0 bridgehead atoms. The Hall–Kier alpha value is -1.88. The lowest BCUT2D eigenvalue weighted by Crippen LogP contribution is -2.36. The second-order valence-electron chi connectivity index (χ2n) is 6.63. The maximum absolute atomic E-state index is 13.2. The van der Waals surface area contributed by atoms with Gasteiger partial charge >= 0.3 is 6.18 Å². The van der Waals surface area contributed by atoms with Crippen LogP contribution in [0.5, 0.6) is 0 Å². The zero-order valence-corrected chi connectivity index (χ0v) is 18.8. The Morgan fingerprint density at radius 1 is 0.966 bits per heavy atom. The second kappa shape index (κ2) is 11.3. The van der Waals surface area contributed by atoms with Gasteiger partial charge in [0.25, 0.3) is 0 Å². The van der Waals surface area contributed by atoms with Crippen LogP contribution in [0.25, 0.3) is 0 Å². The lowest BCUT2D eigenvalue weighted by atomic mass is 10.1. The molecule has 0 atom stereocenters. The van der Waals surface area contributed by atoms with Crippen molar-refractivity contribution >= 4 is 29.9 Å². The Bertz CT molecular complexity index is 805. The molecule has 2 N–H and O–H groups in total. The summed E-state index contributed by atoms with van der Waals surface area (Å²) in [5.41, 5.74) is 1.16. The van der Waals surface area contributed by atoms with Crippen molar-refractivity contribution in [2.24, 2.45) is 4.99 Å². The Morgan fingerprint density at radius 3 is 2.10 bits per heavy atom. The number of halogens is 5. The van der Waals surface area contributed by atoms with Crippen molar-refractivity contribution in [1.82, 2.24) is 15.5 Å². The fourth-order valence-corrected chi connectivity index (χ4v) is 2.68. The van der Waals surface area contributed by atoms with Crippen LogP contribution in [0.2, 0.25) is 0 Å². The van der Waals surface area contributed by atoms with E-state index in [-0.39, 0.29) is 36.1 Å². The molecule has 0 spiro atoms. The van der Waals surface area contributed by atoms with Crippen LogP contribution in [0.15, 0.2) is 47.5 Å². The van der Waals surface area contributed by atoms with Crippen molar-refractivity contribution < 1.29 is 17.6 Å². The number of hydrogen-bond acceptors (Lipinski definition) is 2. The molecule has 4 nitrogen and oxygen atoms in total. The summed E-state index contributed by atoms with van der Waals surface area (Å²) in [6.07, 6.45) is -4.62. The van der Waals surface area contributed by atoms with Crippen molar-refractivity contribution in [1.29, 1.82) is 0 Å². The maximum Gasteiger partial charge on any atom is 0.416 e. The zero-order chi connectivity index (χ0) is 20.7. The lowest BCUT2D eigenvalue weighted by Gasteiger charge is -2.16. The molecule has 0 amide bonds. The van der Waals surface area contributed by atoms with Crippen LogP contribution in [0.3, 0.4) is 0 Å². The summed E-state index contributed by atoms with van der Waals surface area (Å²) in [6.45, 7) is 1.18. The van der Waals surface area contributed by atoms with Gasteiger partial charge in [0.15, 0.2) is 5.96 Å². The number of guanidine groups is 1. The second-order valence-corrected chi connectivity index (χ2v) is 6.63. The number of benzene rings is 2. The van der Waals surface area contributed by atoms with Gasteiger partial charge in [-0.3, -0.25) is 4.99 Å². The molecule has 2 aromatic carbocycles. The third-order valence-corrected chi connectivity index (χ3v) is 4.03. The highest BCUT2D eigenvalue weighted by Gasteiger charge is 2.33. The van der Waals surface area contributed by atoms with Crippen LogP contribution in [0, 0.1) is 5.82 Å². The van der Waals surface area contributed by atoms with Gasteiger partial charge in [-0.05, 0) is 42.9 Å². The summed E-state index contributed by atoms with van der Waals surface area (Å²) in [7, 11) is 5.53. The first-order valence-electron chi connectivity index (χ1n) is 8.71. The minimum atomic E-state index is -4.62. The molecule has 0 saturated heterocycles. The Balaban J connectivity index is 0.00000420. The predicted molar refractivity (Wildman–Crippen MR) is 118 cm³/mol. The first kappa shape index (κ1) is 25.2. The van der Waals surface area contributed by atoms with E-state index in [1.807, 2.05) is 38.4 Å². The Morgan fingerprint density at radius 2 is 1.55 bits per heavy atom. The van der Waals surface area contributed by atoms with Gasteiger partial charge in [0, 0.05) is 26.7 Å². The monoisotopic (exact) mass is 524 g/mol. The molecule has 160 valence electrons. The van der Waals surface area contributed by atoms with Crippen LogP contribution in [0.1, 0.15) is 22.3 Å². The number of rotatable bonds is 6. The lowest BCUT2D eigenvalue weighted by molar-refractivity contribution is -0.138. The first-order valence-corrected chi connectivity index (χ1v) is 8.71. The minimum absolute atomic E-state index is 0. The van der Waals surface area contributed by atoms with Crippen molar-refractivity contribution in [2.45, 2.75) is 25.8 Å². The number of hydrogen-bond donors (Lipinski definition) is 2. The molecule has 0 heterocycles. The third-order valence-electron chi connectivity index (χ3n) is 4.03. The van der Waals surface area contributed by atoms with Gasteiger partial charge in [0.2, 0.25) is 0 Å². The molecule has 29 heavy (non-hydrogen) atoms. The fourth-order valence-electron chi connectivity index (χ4n) is 2.68. The SMILES string of the molecule is CN=C(NCc1ccc(CN(C)C)cc1)NCc1ccc(F)cc1C(F)(F)F.I. The summed E-state index contributed by atoms with van der Waals surface area (Å²) >= 11 is 0. The van der Waals surface area contributed by atoms with E-state index in [9.17, 15) is 17.6 Å². The normalized spacial score (nSPS) is 11.9. The molecule has 0 unspecified atom stereocenters. The Kier molecular flexibility index (Phi) is 9.84. The number of alkyl halides is 3. The largest absolute Gasteiger partial charge is 0.416 e. The summed E-state index contributed by atoms with van der Waals surface area (Å²) in [6, 6.07) is 10.7. The Labute approximate surface area is 185 Å². The highest BCUT2D eigenvalue weighted by atomic mass is 127. The minimum Gasteiger partial charge on any atom is -0.352 e. The number of nitrogens with one attached hydrogen (secondary N) is 2. The van der Waals surface area contributed by atoms with Crippen molar-refractivity contribution in [3.63, 3.8) is 0 Å². The quantitative estimate of drug-likeness (QED) is 0.255. The maximum atomic E-state index is 13.2. The van der Waals surface area contributed by atoms with Gasteiger partial charge in [-0.2, -0.15) is 13.2 Å². The molecule has 2 rings (SSSR count). The average Bonchev–Trinajstić information content (AvgIpc) is 2.62. The molecular formula is C20H25F4IN4. The van der Waals surface area contributed by atoms with Gasteiger partial charge in [-0.1, -0.05) is 30.3 Å². The smallest absolute Gasteiger partial charge is 0.352 e. The molecule has 9 heteroatoms. The van der Waals surface area contributed by atoms with Crippen LogP contribution in [0.4, 0.5) is 17.6 Å². The van der Waals surface area contributed by atoms with Gasteiger partial charge in [0.05, 0.1) is 5.56 Å². The molecule has 0 aliphatic heterocycles. The molecule has 2 aromatic rings. The van der Waals surface area contributed by atoms with Crippen LogP contribution < -0.4 is 10.6 Å². The first-order chi connectivity index (χ1) is 13.2. The van der Waals surface area contributed by atoms with Gasteiger partial charge in [0.1, 0.15) is 5.82 Å². The van der Waals surface area contributed by atoms with E-state index in [4.69, 9.17) is 0 Å². The molecule has 0 aromatic heterocycles. The van der Waals surface area contributed by atoms with Gasteiger partial charge in [-0.25, -0.2) is 4.39 Å². The standard InChI is InChI=1S/C20H24F4N4.HI/c1-25-19(26-11-14-4-6-15(7-5-14)13-28(2)3)27-12-16-8-9-17(21)10-18(16)20(22,23)24;/h4-10H,11-13H2,1-3H3,(H2,25,26,27);1H. The molecule has 0 saturated carbocycles. The average molecular weight is 524 g/mol. The summed E-state index contributed by atoms with van der Waals surface area (Å²) < 4.78 is 52.4. The van der Waals surface area contributed by atoms with E-state index in [2.05, 4.69) is 20.5 Å².